The van der Waals surface area contributed by atoms with Crippen LogP contribution < -0.4 is 0 Å². The summed E-state index contributed by atoms with van der Waals surface area (Å²) < 4.78 is 5.17. The summed E-state index contributed by atoms with van der Waals surface area (Å²) in [5, 5.41) is 0. The van der Waals surface area contributed by atoms with E-state index in [0.29, 0.717) is 38.5 Å². The molecule has 53 heavy (non-hydrogen) atoms. The molecular formula is C44H52O9. The van der Waals surface area contributed by atoms with Crippen molar-refractivity contribution < 1.29 is 43.1 Å². The van der Waals surface area contributed by atoms with E-state index in [0.717, 1.165) is 24.0 Å². The van der Waals surface area contributed by atoms with Gasteiger partial charge in [0.1, 0.15) is 11.6 Å². The molecule has 8 aliphatic rings. The third kappa shape index (κ3) is 4.99. The fourth-order valence-electron chi connectivity index (χ4n) is 14.7. The van der Waals surface area contributed by atoms with E-state index >= 15 is 0 Å². The third-order valence-corrected chi connectivity index (χ3v) is 16.7. The largest absolute Gasteiger partial charge is 0.382 e. The molecule has 0 aromatic carbocycles. The molecule has 8 aliphatic carbocycles. The second-order valence-corrected chi connectivity index (χ2v) is 19.4. The van der Waals surface area contributed by atoms with Gasteiger partial charge in [0.2, 0.25) is 11.6 Å². The number of fused-ring (bicyclic) bond motifs is 10. The van der Waals surface area contributed by atoms with Crippen LogP contribution in [0.1, 0.15) is 106 Å². The predicted octanol–water partition coefficient (Wildman–Crippen LogP) is 6.12. The molecule has 0 bridgehead atoms. The topological polar surface area (TPSA) is 146 Å². The lowest BCUT2D eigenvalue weighted by Gasteiger charge is -2.56. The first-order valence-corrected chi connectivity index (χ1v) is 19.9. The van der Waals surface area contributed by atoms with Crippen molar-refractivity contribution in [2.45, 2.75) is 106 Å². The van der Waals surface area contributed by atoms with Crippen LogP contribution >= 0.6 is 0 Å². The molecule has 0 spiro atoms. The number of rotatable bonds is 4. The predicted molar refractivity (Wildman–Crippen MR) is 191 cm³/mol. The molecule has 0 amide bonds. The minimum atomic E-state index is -1.36. The van der Waals surface area contributed by atoms with E-state index in [-0.39, 0.29) is 88.7 Å². The molecule has 14 atom stereocenters. The quantitative estimate of drug-likeness (QED) is 0.190. The van der Waals surface area contributed by atoms with Gasteiger partial charge in [0.15, 0.2) is 11.6 Å². The maximum Gasteiger partial charge on any atom is 0.382 e. The van der Waals surface area contributed by atoms with E-state index < -0.39 is 51.6 Å². The zero-order valence-electron chi connectivity index (χ0n) is 31.8. The highest BCUT2D eigenvalue weighted by atomic mass is 16.6. The van der Waals surface area contributed by atoms with Gasteiger partial charge in [0.05, 0.1) is 0 Å². The Morgan fingerprint density at radius 1 is 0.679 bits per heavy atom. The van der Waals surface area contributed by atoms with Crippen LogP contribution in [0.15, 0.2) is 35.5 Å². The monoisotopic (exact) mass is 724 g/mol. The molecule has 0 aromatic rings. The van der Waals surface area contributed by atoms with Crippen LogP contribution in [0.25, 0.3) is 0 Å². The van der Waals surface area contributed by atoms with Crippen molar-refractivity contribution in [3.63, 3.8) is 0 Å². The van der Waals surface area contributed by atoms with Crippen LogP contribution in [0.5, 0.6) is 0 Å². The van der Waals surface area contributed by atoms with Gasteiger partial charge >= 0.3 is 11.9 Å². The minimum Gasteiger partial charge on any atom is -0.381 e. The van der Waals surface area contributed by atoms with Gasteiger partial charge < -0.3 is 4.74 Å². The minimum absolute atomic E-state index is 0.0115. The van der Waals surface area contributed by atoms with E-state index in [1.165, 1.54) is 0 Å². The maximum absolute atomic E-state index is 14.1. The van der Waals surface area contributed by atoms with Gasteiger partial charge in [-0.2, -0.15) is 0 Å². The number of allylic oxidation sites excluding steroid dienone is 5. The SMILES string of the molecule is CC1C[C@H]2[C@@H]3CCC4=CC(=O)C=C[C@]4(C)[C@H]3C(=O)C[C@]2(C)[C@H]1C(=O)C(=O)OC(=O)C(=O)[C@H]1C(C)C[C@H]2[C@@H]3CCC4=CC(=O)CC[C@]4(C)[C@H]3C(=O)C[C@]12C. The summed E-state index contributed by atoms with van der Waals surface area (Å²) in [5.74, 6) is -7.03. The van der Waals surface area contributed by atoms with Crippen LogP contribution in [-0.4, -0.2) is 46.6 Å². The summed E-state index contributed by atoms with van der Waals surface area (Å²) in [7, 11) is 0. The van der Waals surface area contributed by atoms with Gasteiger partial charge in [-0.15, -0.1) is 0 Å². The first-order chi connectivity index (χ1) is 24.8. The average Bonchev–Trinajstić information content (AvgIpc) is 3.50. The highest BCUT2D eigenvalue weighted by Crippen LogP contribution is 2.68. The molecule has 9 heteroatoms. The second kappa shape index (κ2) is 11.9. The zero-order valence-corrected chi connectivity index (χ0v) is 31.8. The standard InChI is InChI=1S/C44H52O9/c1-21-15-29-27-9-7-23-17-25(45)11-13-41(23,3)35(27)31(47)19-43(29,5)33(21)37(49)39(51)53-40(52)38(50)34-22(2)16-30-28-10-8-24-18-26(46)12-14-42(24,4)36(28)32(48)20-44(30,34)6/h11,13,17-18,21-22,27-30,33-36H,7-10,12,14-16,19-20H2,1-6H3/t21?,22?,27-,28-,29-,30-,33+,34+,35+,36+,41-,42-,43-,44-/m0/s1. The molecule has 0 saturated heterocycles. The summed E-state index contributed by atoms with van der Waals surface area (Å²) in [6, 6.07) is 0. The average molecular weight is 725 g/mol. The molecule has 0 N–H and O–H groups in total. The lowest BCUT2D eigenvalue weighted by molar-refractivity contribution is -0.172. The lowest BCUT2D eigenvalue weighted by Crippen LogP contribution is -2.56. The van der Waals surface area contributed by atoms with Crippen LogP contribution in [-0.2, 0) is 43.1 Å². The van der Waals surface area contributed by atoms with Gasteiger partial charge in [-0.25, -0.2) is 9.59 Å². The van der Waals surface area contributed by atoms with Gasteiger partial charge in [0.25, 0.3) is 0 Å². The molecule has 6 saturated carbocycles. The van der Waals surface area contributed by atoms with Gasteiger partial charge in [-0.05, 0) is 115 Å². The molecule has 2 unspecified atom stereocenters. The second-order valence-electron chi connectivity index (χ2n) is 19.4. The number of hydrogen-bond acceptors (Lipinski definition) is 9. The van der Waals surface area contributed by atoms with E-state index in [1.807, 2.05) is 40.7 Å². The fourth-order valence-corrected chi connectivity index (χ4v) is 14.7. The fraction of sp³-hybridized carbons (Fsp3) is 0.682. The molecule has 0 aromatic heterocycles. The molecule has 0 radical (unpaired) electrons. The Bertz CT molecular complexity index is 1880. The molecule has 0 aliphatic heterocycles. The highest BCUT2D eigenvalue weighted by molar-refractivity contribution is 6.43. The Balaban J connectivity index is 0.984. The molecule has 6 fully saturated rings. The molecule has 282 valence electrons. The maximum atomic E-state index is 14.1. The number of ether oxygens (including phenoxy) is 1. The van der Waals surface area contributed by atoms with Gasteiger partial charge in [-0.1, -0.05) is 58.8 Å². The number of hydrogen-bond donors (Lipinski definition) is 0. The normalized spacial score (nSPS) is 46.8. The van der Waals surface area contributed by atoms with Crippen molar-refractivity contribution in [1.29, 1.82) is 0 Å². The number of esters is 2. The summed E-state index contributed by atoms with van der Waals surface area (Å²) >= 11 is 0. The third-order valence-electron chi connectivity index (χ3n) is 16.7. The Morgan fingerprint density at radius 2 is 1.19 bits per heavy atom. The lowest BCUT2D eigenvalue weighted by atomic mass is 9.46. The smallest absolute Gasteiger partial charge is 0.381 e. The zero-order chi connectivity index (χ0) is 38.2. The number of carbonyl (C=O) groups excluding carboxylic acids is 8. The van der Waals surface area contributed by atoms with Crippen molar-refractivity contribution in [2.75, 3.05) is 0 Å². The Morgan fingerprint density at radius 3 is 1.75 bits per heavy atom. The van der Waals surface area contributed by atoms with E-state index in [2.05, 4.69) is 6.92 Å². The summed E-state index contributed by atoms with van der Waals surface area (Å²) in [4.78, 5) is 108. The van der Waals surface area contributed by atoms with Gasteiger partial charge in [0, 0.05) is 48.3 Å². The Hall–Kier alpha value is -3.62. The van der Waals surface area contributed by atoms with Crippen molar-refractivity contribution in [2.24, 2.45) is 80.8 Å². The first kappa shape index (κ1) is 36.4. The van der Waals surface area contributed by atoms with E-state index in [1.54, 1.807) is 18.2 Å². The van der Waals surface area contributed by atoms with Crippen molar-refractivity contribution in [3.8, 4) is 0 Å². The van der Waals surface area contributed by atoms with Crippen LogP contribution in [0.3, 0.4) is 0 Å². The number of ketones is 6. The summed E-state index contributed by atoms with van der Waals surface area (Å²) in [5.41, 5.74) is -0.521. The van der Waals surface area contributed by atoms with Crippen molar-refractivity contribution in [1.82, 2.24) is 0 Å². The van der Waals surface area contributed by atoms with Crippen LogP contribution in [0.2, 0.25) is 0 Å². The summed E-state index contributed by atoms with van der Waals surface area (Å²) in [6.45, 7) is 11.8. The van der Waals surface area contributed by atoms with Crippen LogP contribution in [0, 0.1) is 80.8 Å². The molecular weight excluding hydrogens is 672 g/mol. The molecule has 0 heterocycles. The Kier molecular flexibility index (Phi) is 8.19. The van der Waals surface area contributed by atoms with Crippen LogP contribution in [0.4, 0.5) is 0 Å². The number of carbonyl (C=O) groups is 8. The van der Waals surface area contributed by atoms with Crippen molar-refractivity contribution >= 4 is 46.6 Å². The van der Waals surface area contributed by atoms with E-state index in [9.17, 15) is 38.4 Å². The Labute approximate surface area is 311 Å². The van der Waals surface area contributed by atoms with E-state index in [4.69, 9.17) is 4.74 Å². The van der Waals surface area contributed by atoms with Crippen molar-refractivity contribution in [3.05, 3.63) is 35.5 Å². The summed E-state index contributed by atoms with van der Waals surface area (Å²) in [6.07, 6.45) is 12.3. The number of Topliss-reactive ketones (excluding diaryl/α,β-unsaturated/α-hetero) is 4. The van der Waals surface area contributed by atoms with Gasteiger partial charge in [-0.3, -0.25) is 28.8 Å². The molecule has 8 rings (SSSR count). The molecule has 9 nitrogen and oxygen atoms in total. The highest BCUT2D eigenvalue weighted by Gasteiger charge is 2.67. The first-order valence-electron chi connectivity index (χ1n) is 19.9.